The van der Waals surface area contributed by atoms with E-state index in [1.807, 2.05) is 0 Å². The van der Waals surface area contributed by atoms with Crippen molar-refractivity contribution in [3.63, 3.8) is 0 Å². The van der Waals surface area contributed by atoms with Crippen molar-refractivity contribution >= 4 is 5.69 Å². The first-order chi connectivity index (χ1) is 8.49. The summed E-state index contributed by atoms with van der Waals surface area (Å²) in [5.74, 6) is 0.620. The second kappa shape index (κ2) is 4.93. The minimum atomic E-state index is 0.257. The first kappa shape index (κ1) is 13.4. The second-order valence-electron chi connectivity index (χ2n) is 6.17. The maximum atomic E-state index is 5.76. The maximum Gasteiger partial charge on any atom is 0.0406 e. The monoisotopic (exact) mass is 246 g/mol. The lowest BCUT2D eigenvalue weighted by Crippen LogP contribution is -2.48. The molecule has 1 aliphatic heterocycles. The van der Waals surface area contributed by atoms with Crippen LogP contribution in [0, 0.1) is 0 Å². The summed E-state index contributed by atoms with van der Waals surface area (Å²) in [6.45, 7) is 11.1. The van der Waals surface area contributed by atoms with Crippen LogP contribution in [0.5, 0.6) is 0 Å². The van der Waals surface area contributed by atoms with Crippen LogP contribution < -0.4 is 10.6 Å². The average molecular weight is 246 g/mol. The number of nitrogens with zero attached hydrogens (tertiary/aromatic N) is 1. The number of benzene rings is 1. The van der Waals surface area contributed by atoms with Gasteiger partial charge < -0.3 is 10.6 Å². The quantitative estimate of drug-likeness (QED) is 0.882. The Hall–Kier alpha value is -1.02. The lowest BCUT2D eigenvalue weighted by Gasteiger charge is -2.47. The summed E-state index contributed by atoms with van der Waals surface area (Å²) in [7, 11) is 0. The van der Waals surface area contributed by atoms with E-state index < -0.39 is 0 Å². The van der Waals surface area contributed by atoms with Crippen molar-refractivity contribution in [2.24, 2.45) is 5.73 Å². The first-order valence-corrected chi connectivity index (χ1v) is 7.10. The molecule has 2 heteroatoms. The lowest BCUT2D eigenvalue weighted by molar-refractivity contribution is 0.376. The van der Waals surface area contributed by atoms with Crippen molar-refractivity contribution in [1.29, 1.82) is 0 Å². The number of hydrogen-bond donors (Lipinski definition) is 1. The number of nitrogens with two attached hydrogens (primary N) is 1. The van der Waals surface area contributed by atoms with E-state index >= 15 is 0 Å². The van der Waals surface area contributed by atoms with Gasteiger partial charge in [-0.25, -0.2) is 0 Å². The van der Waals surface area contributed by atoms with E-state index in [0.717, 1.165) is 6.54 Å². The third-order valence-corrected chi connectivity index (χ3v) is 4.13. The third-order valence-electron chi connectivity index (χ3n) is 4.13. The molecule has 0 radical (unpaired) electrons. The predicted octanol–water partition coefficient (Wildman–Crippen LogP) is 3.65. The van der Waals surface area contributed by atoms with Crippen LogP contribution in [0.2, 0.25) is 0 Å². The zero-order chi connectivity index (χ0) is 13.3. The van der Waals surface area contributed by atoms with Crippen molar-refractivity contribution in [3.05, 3.63) is 29.3 Å². The standard InChI is InChI=1S/C16H26N2/c1-5-8-18-15-7-6-13(11-17)9-14(15)12(2)10-16(18,3)4/h6-7,9,12H,5,8,10-11,17H2,1-4H3/t12-/m0/s1. The smallest absolute Gasteiger partial charge is 0.0406 e. The highest BCUT2D eigenvalue weighted by Crippen LogP contribution is 2.43. The van der Waals surface area contributed by atoms with Crippen molar-refractivity contribution in [2.75, 3.05) is 11.4 Å². The molecule has 0 fully saturated rings. The van der Waals surface area contributed by atoms with Gasteiger partial charge in [-0.1, -0.05) is 26.0 Å². The van der Waals surface area contributed by atoms with Gasteiger partial charge in [0.15, 0.2) is 0 Å². The number of anilines is 1. The van der Waals surface area contributed by atoms with Crippen LogP contribution in [-0.4, -0.2) is 12.1 Å². The van der Waals surface area contributed by atoms with Gasteiger partial charge in [-0.05, 0) is 49.8 Å². The summed E-state index contributed by atoms with van der Waals surface area (Å²) in [5.41, 5.74) is 10.2. The molecule has 0 bridgehead atoms. The lowest BCUT2D eigenvalue weighted by atomic mass is 9.79. The molecule has 0 spiro atoms. The van der Waals surface area contributed by atoms with Crippen LogP contribution in [0.25, 0.3) is 0 Å². The van der Waals surface area contributed by atoms with E-state index in [0.29, 0.717) is 12.5 Å². The van der Waals surface area contributed by atoms with Gasteiger partial charge >= 0.3 is 0 Å². The highest BCUT2D eigenvalue weighted by atomic mass is 15.2. The van der Waals surface area contributed by atoms with Gasteiger partial charge in [-0.15, -0.1) is 0 Å². The van der Waals surface area contributed by atoms with E-state index in [-0.39, 0.29) is 5.54 Å². The SMILES string of the molecule is CCCN1c2ccc(CN)cc2[C@@H](C)CC1(C)C. The Bertz CT molecular complexity index is 423. The summed E-state index contributed by atoms with van der Waals surface area (Å²) >= 11 is 0. The molecular weight excluding hydrogens is 220 g/mol. The fourth-order valence-corrected chi connectivity index (χ4v) is 3.31. The molecule has 1 aromatic rings. The molecule has 0 aliphatic carbocycles. The number of fused-ring (bicyclic) bond motifs is 1. The van der Waals surface area contributed by atoms with Crippen molar-refractivity contribution < 1.29 is 0 Å². The second-order valence-corrected chi connectivity index (χ2v) is 6.17. The third kappa shape index (κ3) is 2.26. The molecule has 100 valence electrons. The molecule has 2 nitrogen and oxygen atoms in total. The summed E-state index contributed by atoms with van der Waals surface area (Å²) in [6.07, 6.45) is 2.41. The highest BCUT2D eigenvalue weighted by Gasteiger charge is 2.35. The minimum absolute atomic E-state index is 0.257. The van der Waals surface area contributed by atoms with Crippen LogP contribution in [0.1, 0.15) is 57.6 Å². The topological polar surface area (TPSA) is 29.3 Å². The molecule has 1 atom stereocenters. The van der Waals surface area contributed by atoms with E-state index in [4.69, 9.17) is 5.73 Å². The Morgan fingerprint density at radius 2 is 2.11 bits per heavy atom. The molecule has 0 amide bonds. The van der Waals surface area contributed by atoms with Crippen molar-refractivity contribution in [3.8, 4) is 0 Å². The molecule has 1 aliphatic rings. The van der Waals surface area contributed by atoms with Gasteiger partial charge in [0.05, 0.1) is 0 Å². The Morgan fingerprint density at radius 1 is 1.39 bits per heavy atom. The van der Waals surface area contributed by atoms with Gasteiger partial charge in [0.1, 0.15) is 0 Å². The van der Waals surface area contributed by atoms with Crippen LogP contribution >= 0.6 is 0 Å². The average Bonchev–Trinajstić information content (AvgIpc) is 2.33. The van der Waals surface area contributed by atoms with E-state index in [1.54, 1.807) is 0 Å². The molecule has 0 saturated heterocycles. The van der Waals surface area contributed by atoms with E-state index in [2.05, 4.69) is 50.8 Å². The first-order valence-electron chi connectivity index (χ1n) is 7.10. The summed E-state index contributed by atoms with van der Waals surface area (Å²) < 4.78 is 0. The van der Waals surface area contributed by atoms with Gasteiger partial charge in [0.2, 0.25) is 0 Å². The van der Waals surface area contributed by atoms with Crippen molar-refractivity contribution in [2.45, 2.75) is 58.5 Å². The maximum absolute atomic E-state index is 5.76. The Kier molecular flexibility index (Phi) is 3.67. The summed E-state index contributed by atoms with van der Waals surface area (Å²) in [6, 6.07) is 6.75. The fourth-order valence-electron chi connectivity index (χ4n) is 3.31. The molecule has 1 aromatic carbocycles. The van der Waals surface area contributed by atoms with Gasteiger partial charge in [-0.3, -0.25) is 0 Å². The van der Waals surface area contributed by atoms with Crippen LogP contribution in [0.3, 0.4) is 0 Å². The van der Waals surface area contributed by atoms with Crippen LogP contribution in [0.15, 0.2) is 18.2 Å². The van der Waals surface area contributed by atoms with E-state index in [9.17, 15) is 0 Å². The zero-order valence-electron chi connectivity index (χ0n) is 12.2. The van der Waals surface area contributed by atoms with Crippen molar-refractivity contribution in [1.82, 2.24) is 0 Å². The Balaban J connectivity index is 2.47. The minimum Gasteiger partial charge on any atom is -0.366 e. The van der Waals surface area contributed by atoms with Crippen LogP contribution in [0.4, 0.5) is 5.69 Å². The molecule has 2 N–H and O–H groups in total. The zero-order valence-corrected chi connectivity index (χ0v) is 12.2. The number of rotatable bonds is 3. The van der Waals surface area contributed by atoms with E-state index in [1.165, 1.54) is 29.7 Å². The summed E-state index contributed by atoms with van der Waals surface area (Å²) in [5, 5.41) is 0. The van der Waals surface area contributed by atoms with Gasteiger partial charge in [0.25, 0.3) is 0 Å². The molecule has 0 aromatic heterocycles. The Labute approximate surface area is 111 Å². The highest BCUT2D eigenvalue weighted by molar-refractivity contribution is 5.60. The molecule has 1 heterocycles. The normalized spacial score (nSPS) is 21.8. The largest absolute Gasteiger partial charge is 0.366 e. The van der Waals surface area contributed by atoms with Gasteiger partial charge in [0, 0.05) is 24.3 Å². The predicted molar refractivity (Wildman–Crippen MR) is 79.1 cm³/mol. The van der Waals surface area contributed by atoms with Gasteiger partial charge in [-0.2, -0.15) is 0 Å². The fraction of sp³-hybridized carbons (Fsp3) is 0.625. The molecular formula is C16H26N2. The summed E-state index contributed by atoms with van der Waals surface area (Å²) in [4.78, 5) is 2.57. The molecule has 0 saturated carbocycles. The molecule has 2 rings (SSSR count). The molecule has 0 unspecified atom stereocenters. The molecule has 18 heavy (non-hydrogen) atoms. The number of hydrogen-bond acceptors (Lipinski definition) is 2. The van der Waals surface area contributed by atoms with Crippen LogP contribution in [-0.2, 0) is 6.54 Å². The Morgan fingerprint density at radius 3 is 2.72 bits per heavy atom.